The largest absolute Gasteiger partial charge is 0.308 e. The summed E-state index contributed by atoms with van der Waals surface area (Å²) >= 11 is 0. The molecule has 102 valence electrons. The van der Waals surface area contributed by atoms with Gasteiger partial charge in [0.2, 0.25) is 0 Å². The van der Waals surface area contributed by atoms with E-state index in [0.29, 0.717) is 17.5 Å². The predicted molar refractivity (Wildman–Crippen MR) is 77.4 cm³/mol. The van der Waals surface area contributed by atoms with Gasteiger partial charge in [-0.15, -0.1) is 12.3 Å². The van der Waals surface area contributed by atoms with Crippen LogP contribution in [0.5, 0.6) is 0 Å². The highest BCUT2D eigenvalue weighted by molar-refractivity contribution is 5.04. The average molecular weight is 248 g/mol. The number of nitrogens with one attached hydrogen (secondary N) is 1. The Balaban J connectivity index is 1.96. The van der Waals surface area contributed by atoms with Crippen molar-refractivity contribution in [1.82, 2.24) is 10.2 Å². The zero-order chi connectivity index (χ0) is 13.2. The molecule has 18 heavy (non-hydrogen) atoms. The van der Waals surface area contributed by atoms with Gasteiger partial charge in [0.05, 0.1) is 0 Å². The highest BCUT2D eigenvalue weighted by atomic mass is 15.3. The standard InChI is InChI=1S/C16H28N2/c1-5-6-7-10-18-12-16(4,14-8-9-14)17-11-15(18)13(2)3/h1,13-15,17H,6-12H2,2-4H3. The van der Waals surface area contributed by atoms with Gasteiger partial charge in [-0.2, -0.15) is 0 Å². The molecule has 1 aliphatic heterocycles. The quantitative estimate of drug-likeness (QED) is 0.594. The Bertz CT molecular complexity index is 314. The molecule has 2 nitrogen and oxygen atoms in total. The van der Waals surface area contributed by atoms with Crippen LogP contribution in [0.2, 0.25) is 0 Å². The van der Waals surface area contributed by atoms with Gasteiger partial charge in [0, 0.05) is 31.1 Å². The normalized spacial score (nSPS) is 33.6. The molecule has 0 bridgehead atoms. The molecule has 2 aliphatic rings. The number of hydrogen-bond donors (Lipinski definition) is 1. The maximum Gasteiger partial charge on any atom is 0.0309 e. The van der Waals surface area contributed by atoms with Crippen LogP contribution in [-0.2, 0) is 0 Å². The van der Waals surface area contributed by atoms with Gasteiger partial charge >= 0.3 is 0 Å². The molecule has 1 heterocycles. The number of piperazine rings is 1. The second-order valence-electron chi connectivity index (χ2n) is 6.66. The highest BCUT2D eigenvalue weighted by Crippen LogP contribution is 2.41. The Morgan fingerprint density at radius 3 is 2.72 bits per heavy atom. The van der Waals surface area contributed by atoms with Crippen molar-refractivity contribution in [2.45, 2.75) is 58.0 Å². The lowest BCUT2D eigenvalue weighted by Crippen LogP contribution is -2.65. The van der Waals surface area contributed by atoms with E-state index in [2.05, 4.69) is 36.9 Å². The first kappa shape index (κ1) is 13.9. The van der Waals surface area contributed by atoms with Crippen molar-refractivity contribution < 1.29 is 0 Å². The van der Waals surface area contributed by atoms with Crippen LogP contribution in [0, 0.1) is 24.2 Å². The molecule has 0 amide bonds. The third kappa shape index (κ3) is 3.08. The van der Waals surface area contributed by atoms with Crippen LogP contribution >= 0.6 is 0 Å². The minimum atomic E-state index is 0.349. The zero-order valence-electron chi connectivity index (χ0n) is 12.2. The van der Waals surface area contributed by atoms with Gasteiger partial charge in [-0.3, -0.25) is 4.90 Å². The van der Waals surface area contributed by atoms with E-state index in [1.807, 2.05) is 0 Å². The molecule has 0 aromatic rings. The molecular formula is C16H28N2. The van der Waals surface area contributed by atoms with Crippen LogP contribution in [-0.4, -0.2) is 36.1 Å². The van der Waals surface area contributed by atoms with Crippen LogP contribution < -0.4 is 5.32 Å². The Labute approximate surface area is 113 Å². The van der Waals surface area contributed by atoms with E-state index in [1.54, 1.807) is 0 Å². The summed E-state index contributed by atoms with van der Waals surface area (Å²) in [7, 11) is 0. The van der Waals surface area contributed by atoms with Crippen LogP contribution in [0.1, 0.15) is 46.5 Å². The molecule has 1 saturated carbocycles. The van der Waals surface area contributed by atoms with Gasteiger partial charge in [0.15, 0.2) is 0 Å². The second kappa shape index (κ2) is 5.63. The van der Waals surface area contributed by atoms with Crippen molar-refractivity contribution in [3.8, 4) is 12.3 Å². The molecule has 1 N–H and O–H groups in total. The first-order valence-corrected chi connectivity index (χ1v) is 7.49. The van der Waals surface area contributed by atoms with Crippen molar-refractivity contribution in [2.24, 2.45) is 11.8 Å². The van der Waals surface area contributed by atoms with Gasteiger partial charge in [0.1, 0.15) is 0 Å². The van der Waals surface area contributed by atoms with Crippen molar-refractivity contribution >= 4 is 0 Å². The van der Waals surface area contributed by atoms with Gasteiger partial charge in [-0.25, -0.2) is 0 Å². The van der Waals surface area contributed by atoms with E-state index in [0.717, 1.165) is 31.8 Å². The Kier molecular flexibility index (Phi) is 4.35. The van der Waals surface area contributed by atoms with Crippen LogP contribution in [0.15, 0.2) is 0 Å². The summed E-state index contributed by atoms with van der Waals surface area (Å²) in [5, 5.41) is 3.83. The van der Waals surface area contributed by atoms with Gasteiger partial charge < -0.3 is 5.32 Å². The maximum absolute atomic E-state index is 5.37. The maximum atomic E-state index is 5.37. The fourth-order valence-corrected chi connectivity index (χ4v) is 3.34. The molecule has 2 rings (SSSR count). The lowest BCUT2D eigenvalue weighted by Gasteiger charge is -2.48. The number of rotatable bonds is 5. The van der Waals surface area contributed by atoms with Crippen LogP contribution in [0.25, 0.3) is 0 Å². The summed E-state index contributed by atoms with van der Waals surface area (Å²) in [6, 6.07) is 0.676. The van der Waals surface area contributed by atoms with E-state index in [4.69, 9.17) is 6.42 Å². The number of terminal acetylenes is 1. The lowest BCUT2D eigenvalue weighted by atomic mass is 9.88. The summed E-state index contributed by atoms with van der Waals surface area (Å²) in [5.41, 5.74) is 0.349. The topological polar surface area (TPSA) is 15.3 Å². The minimum absolute atomic E-state index is 0.349. The van der Waals surface area contributed by atoms with E-state index in [9.17, 15) is 0 Å². The summed E-state index contributed by atoms with van der Waals surface area (Å²) < 4.78 is 0. The predicted octanol–water partition coefficient (Wildman–Crippen LogP) is 2.50. The summed E-state index contributed by atoms with van der Waals surface area (Å²) in [6.45, 7) is 10.6. The molecule has 2 unspecified atom stereocenters. The number of nitrogens with zero attached hydrogens (tertiary/aromatic N) is 1. The van der Waals surface area contributed by atoms with Gasteiger partial charge in [-0.05, 0) is 44.6 Å². The molecule has 1 aliphatic carbocycles. The first-order valence-electron chi connectivity index (χ1n) is 7.49. The third-order valence-electron chi connectivity index (χ3n) is 4.73. The monoisotopic (exact) mass is 248 g/mol. The molecule has 2 atom stereocenters. The summed E-state index contributed by atoms with van der Waals surface area (Å²) in [5.74, 6) is 4.38. The van der Waals surface area contributed by atoms with Gasteiger partial charge in [-0.1, -0.05) is 13.8 Å². The first-order chi connectivity index (χ1) is 8.57. The molecule has 0 spiro atoms. The summed E-state index contributed by atoms with van der Waals surface area (Å²) in [4.78, 5) is 2.69. The van der Waals surface area contributed by atoms with E-state index in [-0.39, 0.29) is 0 Å². The molecule has 2 heteroatoms. The lowest BCUT2D eigenvalue weighted by molar-refractivity contribution is 0.0519. The average Bonchev–Trinajstić information content (AvgIpc) is 3.13. The second-order valence-corrected chi connectivity index (χ2v) is 6.66. The fraction of sp³-hybridized carbons (Fsp3) is 0.875. The molecule has 0 radical (unpaired) electrons. The number of hydrogen-bond acceptors (Lipinski definition) is 2. The molecule has 0 aromatic carbocycles. The fourth-order valence-electron chi connectivity index (χ4n) is 3.34. The van der Waals surface area contributed by atoms with E-state index in [1.165, 1.54) is 19.4 Å². The van der Waals surface area contributed by atoms with Crippen LogP contribution in [0.3, 0.4) is 0 Å². The number of unbranched alkanes of at least 4 members (excludes halogenated alkanes) is 1. The van der Waals surface area contributed by atoms with Gasteiger partial charge in [0.25, 0.3) is 0 Å². The minimum Gasteiger partial charge on any atom is -0.308 e. The van der Waals surface area contributed by atoms with Crippen LogP contribution in [0.4, 0.5) is 0 Å². The molecule has 2 fully saturated rings. The summed E-state index contributed by atoms with van der Waals surface area (Å²) in [6.07, 6.45) is 10.2. The highest BCUT2D eigenvalue weighted by Gasteiger charge is 2.46. The van der Waals surface area contributed by atoms with Crippen molar-refractivity contribution in [2.75, 3.05) is 19.6 Å². The van der Waals surface area contributed by atoms with Crippen molar-refractivity contribution in [3.05, 3.63) is 0 Å². The van der Waals surface area contributed by atoms with E-state index < -0.39 is 0 Å². The molecule has 0 aromatic heterocycles. The van der Waals surface area contributed by atoms with Crippen molar-refractivity contribution in [3.63, 3.8) is 0 Å². The Morgan fingerprint density at radius 1 is 1.44 bits per heavy atom. The van der Waals surface area contributed by atoms with E-state index >= 15 is 0 Å². The third-order valence-corrected chi connectivity index (χ3v) is 4.73. The SMILES string of the molecule is C#CCCCN1CC(C)(C2CC2)NCC1C(C)C. The Hall–Kier alpha value is -0.520. The smallest absolute Gasteiger partial charge is 0.0309 e. The van der Waals surface area contributed by atoms with Crippen molar-refractivity contribution in [1.29, 1.82) is 0 Å². The zero-order valence-corrected chi connectivity index (χ0v) is 12.2. The molecular weight excluding hydrogens is 220 g/mol. The molecule has 1 saturated heterocycles. The Morgan fingerprint density at radius 2 is 2.17 bits per heavy atom.